The molecule has 30 heavy (non-hydrogen) atoms. The lowest BCUT2D eigenvalue weighted by Gasteiger charge is -2.24. The molecule has 166 valence electrons. The predicted octanol–water partition coefficient (Wildman–Crippen LogP) is 2.08. The summed E-state index contributed by atoms with van der Waals surface area (Å²) in [4.78, 5) is 48.3. The zero-order chi connectivity index (χ0) is 22.7. The zero-order valence-corrected chi connectivity index (χ0v) is 18.0. The molecule has 0 bridgehead atoms. The van der Waals surface area contributed by atoms with Gasteiger partial charge in [-0.3, -0.25) is 9.59 Å². The molecule has 0 spiro atoms. The molecule has 1 aromatic carbocycles. The molecule has 0 radical (unpaired) electrons. The summed E-state index contributed by atoms with van der Waals surface area (Å²) in [6.45, 7) is 6.62. The summed E-state index contributed by atoms with van der Waals surface area (Å²) in [5, 5.41) is 4.91. The van der Waals surface area contributed by atoms with Crippen LogP contribution in [-0.4, -0.2) is 48.7 Å². The third-order valence-corrected chi connectivity index (χ3v) is 3.81. The van der Waals surface area contributed by atoms with Crippen LogP contribution in [0.1, 0.15) is 46.1 Å². The number of nitrogens with one attached hydrogen (secondary N) is 2. The van der Waals surface area contributed by atoms with E-state index in [1.165, 1.54) is 14.0 Å². The fraction of sp³-hybridized carbons (Fsp3) is 0.524. The van der Waals surface area contributed by atoms with Crippen molar-refractivity contribution in [2.75, 3.05) is 7.11 Å². The maximum absolute atomic E-state index is 12.6. The van der Waals surface area contributed by atoms with Crippen molar-refractivity contribution in [2.45, 2.75) is 64.8 Å². The van der Waals surface area contributed by atoms with E-state index in [2.05, 4.69) is 15.4 Å². The molecule has 0 saturated carbocycles. The second kappa shape index (κ2) is 11.8. The van der Waals surface area contributed by atoms with Gasteiger partial charge >= 0.3 is 18.0 Å². The Morgan fingerprint density at radius 2 is 1.67 bits per heavy atom. The Hall–Kier alpha value is -3.10. The molecule has 0 aliphatic carbocycles. The van der Waals surface area contributed by atoms with E-state index < -0.39 is 41.6 Å². The predicted molar refractivity (Wildman–Crippen MR) is 108 cm³/mol. The van der Waals surface area contributed by atoms with Gasteiger partial charge in [-0.2, -0.15) is 0 Å². The average Bonchev–Trinajstić information content (AvgIpc) is 2.68. The third kappa shape index (κ3) is 9.90. The summed E-state index contributed by atoms with van der Waals surface area (Å²) in [6, 6.07) is 6.98. The van der Waals surface area contributed by atoms with Gasteiger partial charge in [-0.05, 0) is 39.7 Å². The van der Waals surface area contributed by atoms with Crippen LogP contribution in [0.2, 0.25) is 0 Å². The van der Waals surface area contributed by atoms with Crippen molar-refractivity contribution in [3.05, 3.63) is 35.9 Å². The van der Waals surface area contributed by atoms with E-state index in [1.807, 2.05) is 6.07 Å². The minimum absolute atomic E-state index is 0.0202. The van der Waals surface area contributed by atoms with E-state index in [4.69, 9.17) is 9.47 Å². The Kier molecular flexibility index (Phi) is 9.80. The molecule has 0 heterocycles. The van der Waals surface area contributed by atoms with Crippen LogP contribution < -0.4 is 10.6 Å². The first-order valence-corrected chi connectivity index (χ1v) is 9.59. The first kappa shape index (κ1) is 24.9. The van der Waals surface area contributed by atoms with Gasteiger partial charge in [-0.25, -0.2) is 9.59 Å². The Morgan fingerprint density at radius 1 is 1.03 bits per heavy atom. The SMILES string of the molecule is COC(=O)CCC(NC(=O)OCc1ccccc1)C(=O)N[C@@H](C)C(=O)OC(C)(C)C. The van der Waals surface area contributed by atoms with Gasteiger partial charge in [0.05, 0.1) is 7.11 Å². The van der Waals surface area contributed by atoms with Crippen LogP contribution in [-0.2, 0) is 35.2 Å². The fourth-order valence-corrected chi connectivity index (χ4v) is 2.30. The summed E-state index contributed by atoms with van der Waals surface area (Å²) >= 11 is 0. The number of hydrogen-bond donors (Lipinski definition) is 2. The number of carbonyl (C=O) groups excluding carboxylic acids is 4. The summed E-state index contributed by atoms with van der Waals surface area (Å²) in [6.07, 6.45) is -0.956. The quantitative estimate of drug-likeness (QED) is 0.462. The molecule has 9 heteroatoms. The molecule has 0 saturated heterocycles. The molecular formula is C21H30N2O7. The third-order valence-electron chi connectivity index (χ3n) is 3.81. The summed E-state index contributed by atoms with van der Waals surface area (Å²) in [7, 11) is 1.23. The number of benzene rings is 1. The molecule has 0 fully saturated rings. The molecule has 0 aliphatic rings. The molecule has 1 rings (SSSR count). The van der Waals surface area contributed by atoms with Crippen LogP contribution in [0.25, 0.3) is 0 Å². The van der Waals surface area contributed by atoms with Crippen molar-refractivity contribution >= 4 is 23.9 Å². The highest BCUT2D eigenvalue weighted by atomic mass is 16.6. The molecule has 2 atom stereocenters. The lowest BCUT2D eigenvalue weighted by molar-refractivity contribution is -0.158. The fourth-order valence-electron chi connectivity index (χ4n) is 2.30. The van der Waals surface area contributed by atoms with Crippen LogP contribution in [0, 0.1) is 0 Å². The van der Waals surface area contributed by atoms with Gasteiger partial charge in [0.15, 0.2) is 0 Å². The average molecular weight is 422 g/mol. The van der Waals surface area contributed by atoms with Crippen LogP contribution in [0.3, 0.4) is 0 Å². The first-order chi connectivity index (χ1) is 14.0. The Morgan fingerprint density at radius 3 is 2.23 bits per heavy atom. The number of carbonyl (C=O) groups is 4. The van der Waals surface area contributed by atoms with Gasteiger partial charge < -0.3 is 24.8 Å². The van der Waals surface area contributed by atoms with E-state index in [-0.39, 0.29) is 19.4 Å². The van der Waals surface area contributed by atoms with Crippen molar-refractivity contribution in [1.29, 1.82) is 0 Å². The van der Waals surface area contributed by atoms with Crippen molar-refractivity contribution in [3.63, 3.8) is 0 Å². The number of hydrogen-bond acceptors (Lipinski definition) is 7. The number of amides is 2. The number of ether oxygens (including phenoxy) is 3. The molecule has 2 N–H and O–H groups in total. The second-order valence-corrected chi connectivity index (χ2v) is 7.64. The standard InChI is InChI=1S/C21H30N2O7/c1-14(19(26)30-21(2,3)4)22-18(25)16(11-12-17(24)28-5)23-20(27)29-13-15-9-7-6-8-10-15/h6-10,14,16H,11-13H2,1-5H3,(H,22,25)(H,23,27)/t14-,16?/m0/s1. The van der Waals surface area contributed by atoms with Crippen LogP contribution in [0.4, 0.5) is 4.79 Å². The van der Waals surface area contributed by atoms with E-state index in [1.54, 1.807) is 45.0 Å². The van der Waals surface area contributed by atoms with Gasteiger partial charge in [0.25, 0.3) is 0 Å². The zero-order valence-electron chi connectivity index (χ0n) is 18.0. The summed E-state index contributed by atoms with van der Waals surface area (Å²) in [5.74, 6) is -1.80. The molecule has 1 aromatic rings. The Bertz CT molecular complexity index is 729. The van der Waals surface area contributed by atoms with Crippen molar-refractivity contribution in [3.8, 4) is 0 Å². The lowest BCUT2D eigenvalue weighted by Crippen LogP contribution is -2.51. The highest BCUT2D eigenvalue weighted by Crippen LogP contribution is 2.09. The maximum atomic E-state index is 12.6. The molecule has 9 nitrogen and oxygen atoms in total. The van der Waals surface area contributed by atoms with Gasteiger partial charge in [-0.15, -0.1) is 0 Å². The number of rotatable bonds is 9. The second-order valence-electron chi connectivity index (χ2n) is 7.64. The largest absolute Gasteiger partial charge is 0.469 e. The van der Waals surface area contributed by atoms with E-state index in [0.717, 1.165) is 5.56 Å². The number of methoxy groups -OCH3 is 1. The molecule has 0 aliphatic heterocycles. The molecule has 1 unspecified atom stereocenters. The van der Waals surface area contributed by atoms with Crippen molar-refractivity contribution < 1.29 is 33.4 Å². The molecular weight excluding hydrogens is 392 g/mol. The Labute approximate surface area is 176 Å². The van der Waals surface area contributed by atoms with Gasteiger partial charge in [0.2, 0.25) is 5.91 Å². The summed E-state index contributed by atoms with van der Waals surface area (Å²) < 4.78 is 14.9. The van der Waals surface area contributed by atoms with Gasteiger partial charge in [0.1, 0.15) is 24.3 Å². The van der Waals surface area contributed by atoms with Crippen LogP contribution in [0.15, 0.2) is 30.3 Å². The van der Waals surface area contributed by atoms with E-state index in [9.17, 15) is 19.2 Å². The highest BCUT2D eigenvalue weighted by Gasteiger charge is 2.28. The lowest BCUT2D eigenvalue weighted by atomic mass is 10.1. The maximum Gasteiger partial charge on any atom is 0.408 e. The monoisotopic (exact) mass is 422 g/mol. The smallest absolute Gasteiger partial charge is 0.408 e. The Balaban J connectivity index is 2.70. The van der Waals surface area contributed by atoms with Crippen molar-refractivity contribution in [1.82, 2.24) is 10.6 Å². The van der Waals surface area contributed by atoms with Crippen LogP contribution in [0.5, 0.6) is 0 Å². The number of esters is 2. The minimum atomic E-state index is -1.10. The number of alkyl carbamates (subject to hydrolysis) is 1. The minimum Gasteiger partial charge on any atom is -0.469 e. The summed E-state index contributed by atoms with van der Waals surface area (Å²) in [5.41, 5.74) is 0.0709. The topological polar surface area (TPSA) is 120 Å². The van der Waals surface area contributed by atoms with Gasteiger partial charge in [-0.1, -0.05) is 30.3 Å². The first-order valence-electron chi connectivity index (χ1n) is 9.59. The van der Waals surface area contributed by atoms with E-state index >= 15 is 0 Å². The highest BCUT2D eigenvalue weighted by molar-refractivity contribution is 5.89. The van der Waals surface area contributed by atoms with E-state index in [0.29, 0.717) is 0 Å². The van der Waals surface area contributed by atoms with Crippen LogP contribution >= 0.6 is 0 Å². The normalized spacial score (nSPS) is 12.8. The molecule has 0 aromatic heterocycles. The molecule has 2 amide bonds. The van der Waals surface area contributed by atoms with Gasteiger partial charge in [0, 0.05) is 6.42 Å². The van der Waals surface area contributed by atoms with Crippen molar-refractivity contribution in [2.24, 2.45) is 0 Å².